The monoisotopic (exact) mass is 275 g/mol. The van der Waals surface area contributed by atoms with Crippen LogP contribution in [0.1, 0.15) is 26.3 Å². The van der Waals surface area contributed by atoms with Gasteiger partial charge in [-0.15, -0.1) is 0 Å². The highest BCUT2D eigenvalue weighted by Gasteiger charge is 2.32. The van der Waals surface area contributed by atoms with Gasteiger partial charge < -0.3 is 10.4 Å². The lowest BCUT2D eigenvalue weighted by Crippen LogP contribution is -2.41. The molecule has 0 saturated carbocycles. The van der Waals surface area contributed by atoms with Crippen molar-refractivity contribution in [2.75, 3.05) is 5.32 Å². The molecule has 0 fully saturated rings. The Balaban J connectivity index is 2.91. The zero-order valence-corrected chi connectivity index (χ0v) is 10.9. The van der Waals surface area contributed by atoms with Gasteiger partial charge in [0.25, 0.3) is 0 Å². The van der Waals surface area contributed by atoms with E-state index in [1.807, 2.05) is 0 Å². The minimum absolute atomic E-state index is 0.343. The summed E-state index contributed by atoms with van der Waals surface area (Å²) >= 11 is 0. The number of anilines is 1. The Labute approximate surface area is 109 Å². The topological polar surface area (TPSA) is 49.3 Å². The van der Waals surface area contributed by atoms with Crippen molar-refractivity contribution < 1.29 is 23.1 Å². The summed E-state index contributed by atoms with van der Waals surface area (Å²) in [7, 11) is 0. The summed E-state index contributed by atoms with van der Waals surface area (Å²) in [5.41, 5.74) is -0.981. The van der Waals surface area contributed by atoms with E-state index in [1.54, 1.807) is 20.8 Å². The summed E-state index contributed by atoms with van der Waals surface area (Å²) in [6.07, 6.45) is -4.39. The Kier molecular flexibility index (Phi) is 4.12. The second kappa shape index (κ2) is 5.11. The first-order chi connectivity index (χ1) is 8.51. The molecule has 0 heterocycles. The van der Waals surface area contributed by atoms with Gasteiger partial charge in [-0.3, -0.25) is 0 Å². The summed E-state index contributed by atoms with van der Waals surface area (Å²) in [5, 5.41) is 11.8. The summed E-state index contributed by atoms with van der Waals surface area (Å²) in [5.74, 6) is -1.05. The van der Waals surface area contributed by atoms with Crippen LogP contribution in [0.15, 0.2) is 24.3 Å². The van der Waals surface area contributed by atoms with Crippen LogP contribution in [0, 0.1) is 5.41 Å². The molecular formula is C13H16F3NO2. The molecule has 1 aromatic carbocycles. The molecule has 6 heteroatoms. The lowest BCUT2D eigenvalue weighted by molar-refractivity contribution is -0.140. The molecule has 1 aromatic rings. The average molecular weight is 275 g/mol. The fourth-order valence-electron chi connectivity index (χ4n) is 1.57. The molecule has 1 atom stereocenters. The van der Waals surface area contributed by atoms with Crippen LogP contribution < -0.4 is 5.32 Å². The van der Waals surface area contributed by atoms with E-state index in [-0.39, 0.29) is 0 Å². The van der Waals surface area contributed by atoms with E-state index in [9.17, 15) is 18.0 Å². The molecule has 1 rings (SSSR count). The van der Waals surface area contributed by atoms with Gasteiger partial charge in [0.1, 0.15) is 6.04 Å². The zero-order valence-electron chi connectivity index (χ0n) is 10.9. The summed E-state index contributed by atoms with van der Waals surface area (Å²) in [6.45, 7) is 5.22. The van der Waals surface area contributed by atoms with Crippen molar-refractivity contribution in [2.45, 2.75) is 33.0 Å². The fraction of sp³-hybridized carbons (Fsp3) is 0.462. The number of hydrogen-bond acceptors (Lipinski definition) is 2. The van der Waals surface area contributed by atoms with Crippen LogP contribution >= 0.6 is 0 Å². The third-order valence-electron chi connectivity index (χ3n) is 2.64. The second-order valence-corrected chi connectivity index (χ2v) is 5.36. The van der Waals surface area contributed by atoms with Crippen LogP contribution in [0.25, 0.3) is 0 Å². The van der Waals surface area contributed by atoms with Gasteiger partial charge >= 0.3 is 12.1 Å². The van der Waals surface area contributed by atoms with E-state index in [0.717, 1.165) is 12.1 Å². The Hall–Kier alpha value is -1.72. The lowest BCUT2D eigenvalue weighted by atomic mass is 9.86. The molecule has 0 bridgehead atoms. The first-order valence-electron chi connectivity index (χ1n) is 5.68. The van der Waals surface area contributed by atoms with Gasteiger partial charge in [-0.2, -0.15) is 13.2 Å². The minimum Gasteiger partial charge on any atom is -0.480 e. The van der Waals surface area contributed by atoms with Crippen LogP contribution in [0.2, 0.25) is 0 Å². The fourth-order valence-corrected chi connectivity index (χ4v) is 1.57. The number of benzene rings is 1. The van der Waals surface area contributed by atoms with Gasteiger partial charge in [-0.1, -0.05) is 20.8 Å². The van der Waals surface area contributed by atoms with E-state index >= 15 is 0 Å². The van der Waals surface area contributed by atoms with Crippen LogP contribution in [0.5, 0.6) is 0 Å². The SMILES string of the molecule is CC(C)(C)C(Nc1ccc(C(F)(F)F)cc1)C(=O)O. The first kappa shape index (κ1) is 15.3. The minimum atomic E-state index is -4.39. The molecule has 0 aliphatic heterocycles. The Morgan fingerprint density at radius 2 is 1.63 bits per heavy atom. The summed E-state index contributed by atoms with van der Waals surface area (Å²) in [4.78, 5) is 11.1. The number of alkyl halides is 3. The largest absolute Gasteiger partial charge is 0.480 e. The normalized spacial score (nSPS) is 14.0. The van der Waals surface area contributed by atoms with E-state index in [0.29, 0.717) is 5.69 Å². The predicted molar refractivity (Wildman–Crippen MR) is 65.9 cm³/mol. The Morgan fingerprint density at radius 1 is 1.16 bits per heavy atom. The summed E-state index contributed by atoms with van der Waals surface area (Å²) in [6, 6.07) is 3.41. The number of carbonyl (C=O) groups is 1. The van der Waals surface area contributed by atoms with E-state index in [2.05, 4.69) is 5.32 Å². The number of aliphatic carboxylic acids is 1. The molecule has 0 saturated heterocycles. The number of nitrogens with one attached hydrogen (secondary N) is 1. The van der Waals surface area contributed by atoms with Gasteiger partial charge in [0, 0.05) is 5.69 Å². The Morgan fingerprint density at radius 3 is 1.95 bits per heavy atom. The molecule has 0 aromatic heterocycles. The highest BCUT2D eigenvalue weighted by Crippen LogP contribution is 2.30. The van der Waals surface area contributed by atoms with Crippen molar-refractivity contribution in [2.24, 2.45) is 5.41 Å². The molecule has 2 N–H and O–H groups in total. The van der Waals surface area contributed by atoms with Crippen LogP contribution in [-0.2, 0) is 11.0 Å². The maximum atomic E-state index is 12.4. The molecular weight excluding hydrogens is 259 g/mol. The number of halogens is 3. The predicted octanol–water partition coefficient (Wildman–Crippen LogP) is 3.62. The summed E-state index contributed by atoms with van der Waals surface area (Å²) < 4.78 is 37.2. The maximum Gasteiger partial charge on any atom is 0.416 e. The van der Waals surface area contributed by atoms with Crippen LogP contribution in [-0.4, -0.2) is 17.1 Å². The van der Waals surface area contributed by atoms with Crippen molar-refractivity contribution in [3.05, 3.63) is 29.8 Å². The molecule has 0 radical (unpaired) electrons. The van der Waals surface area contributed by atoms with Crippen molar-refractivity contribution in [3.63, 3.8) is 0 Å². The smallest absolute Gasteiger partial charge is 0.416 e. The quantitative estimate of drug-likeness (QED) is 0.885. The van der Waals surface area contributed by atoms with Crippen LogP contribution in [0.3, 0.4) is 0 Å². The van der Waals surface area contributed by atoms with Gasteiger partial charge in [-0.25, -0.2) is 4.79 Å². The number of rotatable bonds is 3. The molecule has 106 valence electrons. The molecule has 3 nitrogen and oxygen atoms in total. The molecule has 0 amide bonds. The van der Waals surface area contributed by atoms with Gasteiger partial charge in [-0.05, 0) is 29.7 Å². The third kappa shape index (κ3) is 4.15. The van der Waals surface area contributed by atoms with Crippen molar-refractivity contribution >= 4 is 11.7 Å². The molecule has 1 unspecified atom stereocenters. The van der Waals surface area contributed by atoms with E-state index in [4.69, 9.17) is 5.11 Å². The zero-order chi connectivity index (χ0) is 14.8. The second-order valence-electron chi connectivity index (χ2n) is 5.36. The molecule has 0 aliphatic rings. The van der Waals surface area contributed by atoms with Crippen molar-refractivity contribution in [1.29, 1.82) is 0 Å². The third-order valence-corrected chi connectivity index (χ3v) is 2.64. The van der Waals surface area contributed by atoms with E-state index < -0.39 is 29.2 Å². The molecule has 0 aliphatic carbocycles. The van der Waals surface area contributed by atoms with Gasteiger partial charge in [0.05, 0.1) is 5.56 Å². The highest BCUT2D eigenvalue weighted by molar-refractivity contribution is 5.78. The number of carboxylic acid groups (broad SMARTS) is 1. The first-order valence-corrected chi connectivity index (χ1v) is 5.68. The number of hydrogen-bond donors (Lipinski definition) is 2. The Bertz CT molecular complexity index is 446. The van der Waals surface area contributed by atoms with Crippen LogP contribution in [0.4, 0.5) is 18.9 Å². The van der Waals surface area contributed by atoms with Crippen molar-refractivity contribution in [3.8, 4) is 0 Å². The number of carboxylic acids is 1. The maximum absolute atomic E-state index is 12.4. The molecule has 19 heavy (non-hydrogen) atoms. The van der Waals surface area contributed by atoms with Gasteiger partial charge in [0.2, 0.25) is 0 Å². The average Bonchev–Trinajstić information content (AvgIpc) is 2.23. The lowest BCUT2D eigenvalue weighted by Gasteiger charge is -2.28. The highest BCUT2D eigenvalue weighted by atomic mass is 19.4. The van der Waals surface area contributed by atoms with Crippen molar-refractivity contribution in [1.82, 2.24) is 0 Å². The molecule has 0 spiro atoms. The van der Waals surface area contributed by atoms with E-state index in [1.165, 1.54) is 12.1 Å². The standard InChI is InChI=1S/C13H16F3NO2/c1-12(2,3)10(11(18)19)17-9-6-4-8(5-7-9)13(14,15)16/h4-7,10,17H,1-3H3,(H,18,19). The van der Waals surface area contributed by atoms with Gasteiger partial charge in [0.15, 0.2) is 0 Å².